The van der Waals surface area contributed by atoms with E-state index in [9.17, 15) is 0 Å². The van der Waals surface area contributed by atoms with Crippen molar-refractivity contribution in [2.75, 3.05) is 55.7 Å². The summed E-state index contributed by atoms with van der Waals surface area (Å²) in [4.78, 5) is 0. The highest BCUT2D eigenvalue weighted by atomic mass is 28.4. The van der Waals surface area contributed by atoms with Crippen LogP contribution in [0.4, 0.5) is 0 Å². The van der Waals surface area contributed by atoms with E-state index in [1.54, 1.807) is 42.7 Å². The summed E-state index contributed by atoms with van der Waals surface area (Å²) in [6.07, 6.45) is 0. The van der Waals surface area contributed by atoms with Gasteiger partial charge in [-0.25, -0.2) is 0 Å². The first-order chi connectivity index (χ1) is 12.5. The minimum absolute atomic E-state index is 0.407. The molecule has 0 aromatic heterocycles. The zero-order valence-electron chi connectivity index (χ0n) is 19.4. The van der Waals surface area contributed by atoms with Gasteiger partial charge in [0.25, 0.3) is 0 Å². The van der Waals surface area contributed by atoms with Crippen molar-refractivity contribution in [3.63, 3.8) is 0 Å². The summed E-state index contributed by atoms with van der Waals surface area (Å²) in [6.45, 7) is 13.6. The van der Waals surface area contributed by atoms with Crippen molar-refractivity contribution >= 4 is 25.8 Å². The van der Waals surface area contributed by atoms with Crippen molar-refractivity contribution in [3.8, 4) is 0 Å². The van der Waals surface area contributed by atoms with Crippen LogP contribution >= 0.6 is 0 Å². The lowest BCUT2D eigenvalue weighted by Crippen LogP contribution is -2.53. The molecule has 10 heteroatoms. The fourth-order valence-corrected chi connectivity index (χ4v) is 9.04. The van der Waals surface area contributed by atoms with Crippen molar-refractivity contribution in [2.45, 2.75) is 45.6 Å². The van der Waals surface area contributed by atoms with E-state index in [4.69, 9.17) is 26.6 Å². The first kappa shape index (κ1) is 27.4. The zero-order valence-corrected chi connectivity index (χ0v) is 22.4. The maximum atomic E-state index is 5.61. The van der Waals surface area contributed by atoms with Gasteiger partial charge >= 0.3 is 17.6 Å². The third-order valence-corrected chi connectivity index (χ3v) is 13.5. The van der Waals surface area contributed by atoms with Crippen LogP contribution in [0.3, 0.4) is 0 Å². The third kappa shape index (κ3) is 8.72. The van der Waals surface area contributed by atoms with Crippen molar-refractivity contribution in [1.82, 2.24) is 4.57 Å². The highest BCUT2D eigenvalue weighted by Gasteiger charge is 2.42. The molecule has 0 radical (unpaired) electrons. The van der Waals surface area contributed by atoms with E-state index in [1.807, 2.05) is 0 Å². The van der Waals surface area contributed by atoms with Crippen LogP contribution in [0, 0.1) is 11.8 Å². The van der Waals surface area contributed by atoms with Gasteiger partial charge in [0.15, 0.2) is 0 Å². The molecule has 0 aliphatic rings. The van der Waals surface area contributed by atoms with Gasteiger partial charge in [-0.15, -0.1) is 0 Å². The fraction of sp³-hybridized carbons (Fsp3) is 1.00. The molecule has 7 nitrogen and oxygen atoms in total. The number of nitrogens with zero attached hydrogens (tertiary/aromatic N) is 1. The Labute approximate surface area is 170 Å². The predicted molar refractivity (Wildman–Crippen MR) is 116 cm³/mol. The maximum Gasteiger partial charge on any atom is 0.500 e. The molecule has 0 saturated heterocycles. The molecule has 0 amide bonds. The Bertz CT molecular complexity index is 356. The van der Waals surface area contributed by atoms with Gasteiger partial charge in [-0.1, -0.05) is 33.5 Å². The molecule has 0 rings (SSSR count). The number of hydrogen-bond donors (Lipinski definition) is 0. The van der Waals surface area contributed by atoms with Crippen LogP contribution in [0.5, 0.6) is 0 Å². The number of rotatable bonds is 15. The molecule has 2 atom stereocenters. The predicted octanol–water partition coefficient (Wildman–Crippen LogP) is 3.15. The average Bonchev–Trinajstić information content (AvgIpc) is 2.63. The molecule has 0 aromatic rings. The van der Waals surface area contributed by atoms with Gasteiger partial charge in [0, 0.05) is 54.7 Å². The molecular formula is C17H43NO6Si3. The van der Waals surface area contributed by atoms with Crippen LogP contribution in [0.2, 0.25) is 31.7 Å². The van der Waals surface area contributed by atoms with E-state index in [0.29, 0.717) is 11.8 Å². The fourth-order valence-electron chi connectivity index (χ4n) is 3.36. The normalized spacial score (nSPS) is 16.0. The Morgan fingerprint density at radius 2 is 0.852 bits per heavy atom. The quantitative estimate of drug-likeness (QED) is 0.362. The lowest BCUT2D eigenvalue weighted by molar-refractivity contribution is 0.114. The zero-order chi connectivity index (χ0) is 21.3. The molecule has 27 heavy (non-hydrogen) atoms. The van der Waals surface area contributed by atoms with Gasteiger partial charge in [-0.05, 0) is 24.9 Å². The molecule has 0 N–H and O–H groups in total. The van der Waals surface area contributed by atoms with Crippen LogP contribution < -0.4 is 0 Å². The minimum atomic E-state index is -2.57. The largest absolute Gasteiger partial charge is 0.500 e. The molecular weight excluding hydrogens is 398 g/mol. The van der Waals surface area contributed by atoms with E-state index in [0.717, 1.165) is 25.2 Å². The highest BCUT2D eigenvalue weighted by molar-refractivity contribution is 6.73. The molecule has 0 heterocycles. The smallest absolute Gasteiger partial charge is 0.377 e. The van der Waals surface area contributed by atoms with Crippen LogP contribution in [0.25, 0.3) is 0 Å². The van der Waals surface area contributed by atoms with Crippen molar-refractivity contribution in [2.24, 2.45) is 11.8 Å². The Hall–Kier alpha value is 0.371. The summed E-state index contributed by atoms with van der Waals surface area (Å²) in [5, 5.41) is 0. The molecule has 0 spiro atoms. The first-order valence-corrected chi connectivity index (χ1v) is 16.8. The maximum absolute atomic E-state index is 5.61. The molecule has 0 aromatic carbocycles. The second-order valence-electron chi connectivity index (χ2n) is 8.29. The Morgan fingerprint density at radius 3 is 1.04 bits per heavy atom. The summed E-state index contributed by atoms with van der Waals surface area (Å²) in [7, 11) is 3.41. The standard InChI is InChI=1S/C17H43NO6Si3/c1-16(14-26(19-3,20-4)21-5)12-18(25(9,10)11)13-17(2)15-27(22-6,23-7)24-8/h16-17H,12-15H2,1-11H3. The van der Waals surface area contributed by atoms with E-state index in [-0.39, 0.29) is 0 Å². The van der Waals surface area contributed by atoms with Gasteiger partial charge in [-0.3, -0.25) is 0 Å². The number of hydrogen-bond acceptors (Lipinski definition) is 7. The summed E-state index contributed by atoms with van der Waals surface area (Å²) >= 11 is 0. The van der Waals surface area contributed by atoms with Gasteiger partial charge in [0.2, 0.25) is 0 Å². The Balaban J connectivity index is 5.10. The van der Waals surface area contributed by atoms with Gasteiger partial charge in [0.1, 0.15) is 8.24 Å². The van der Waals surface area contributed by atoms with E-state index < -0.39 is 25.8 Å². The lowest BCUT2D eigenvalue weighted by atomic mass is 10.2. The molecule has 2 unspecified atom stereocenters. The van der Waals surface area contributed by atoms with Crippen LogP contribution in [0.1, 0.15) is 13.8 Å². The molecule has 0 bridgehead atoms. The molecule has 0 aliphatic carbocycles. The summed E-state index contributed by atoms with van der Waals surface area (Å²) in [6, 6.07) is 1.61. The lowest BCUT2D eigenvalue weighted by Gasteiger charge is -2.39. The SMILES string of the molecule is CO[Si](CC(C)CN(CC(C)C[Si](OC)(OC)OC)[Si](C)(C)C)(OC)OC. The van der Waals surface area contributed by atoms with Gasteiger partial charge < -0.3 is 31.1 Å². The third-order valence-electron chi connectivity index (χ3n) is 5.08. The van der Waals surface area contributed by atoms with Gasteiger partial charge in [0.05, 0.1) is 0 Å². The minimum Gasteiger partial charge on any atom is -0.377 e. The monoisotopic (exact) mass is 441 g/mol. The van der Waals surface area contributed by atoms with E-state index >= 15 is 0 Å². The molecule has 0 saturated carbocycles. The topological polar surface area (TPSA) is 58.6 Å². The average molecular weight is 442 g/mol. The first-order valence-electron chi connectivity index (χ1n) is 9.53. The van der Waals surface area contributed by atoms with E-state index in [1.165, 1.54) is 0 Å². The molecule has 0 aliphatic heterocycles. The molecule has 164 valence electrons. The van der Waals surface area contributed by atoms with Crippen LogP contribution in [-0.4, -0.2) is 86.2 Å². The molecule has 0 fully saturated rings. The summed E-state index contributed by atoms with van der Waals surface area (Å²) in [5.41, 5.74) is 0. The second-order valence-corrected chi connectivity index (χ2v) is 19.3. The van der Waals surface area contributed by atoms with Gasteiger partial charge in [-0.2, -0.15) is 0 Å². The summed E-state index contributed by atoms with van der Waals surface area (Å²) in [5.74, 6) is 0.814. The van der Waals surface area contributed by atoms with Crippen molar-refractivity contribution in [3.05, 3.63) is 0 Å². The highest BCUT2D eigenvalue weighted by Crippen LogP contribution is 2.25. The van der Waals surface area contributed by atoms with Crippen LogP contribution in [0.15, 0.2) is 0 Å². The Morgan fingerprint density at radius 1 is 0.593 bits per heavy atom. The van der Waals surface area contributed by atoms with Crippen molar-refractivity contribution < 1.29 is 26.6 Å². The van der Waals surface area contributed by atoms with Crippen LogP contribution in [-0.2, 0) is 26.6 Å². The Kier molecular flexibility index (Phi) is 12.3. The van der Waals surface area contributed by atoms with Crippen molar-refractivity contribution in [1.29, 1.82) is 0 Å². The second kappa shape index (κ2) is 12.2. The summed E-state index contributed by atoms with van der Waals surface area (Å²) < 4.78 is 36.3. The van der Waals surface area contributed by atoms with E-state index in [2.05, 4.69) is 38.1 Å².